The van der Waals surface area contributed by atoms with Gasteiger partial charge in [-0.05, 0) is 7.05 Å². The number of likely N-dealkylation sites (N-methyl/N-ethyl adjacent to an activating group) is 1. The first-order valence-corrected chi connectivity index (χ1v) is 7.93. The van der Waals surface area contributed by atoms with Crippen molar-refractivity contribution in [2.45, 2.75) is 6.04 Å². The predicted molar refractivity (Wildman–Crippen MR) is 96.2 cm³/mol. The Morgan fingerprint density at radius 3 is 2.35 bits per heavy atom. The van der Waals surface area contributed by atoms with E-state index in [1.165, 1.54) is 14.2 Å². The van der Waals surface area contributed by atoms with E-state index >= 15 is 0 Å². The smallest absolute Gasteiger partial charge is 0.243 e. The number of aromatic nitrogens is 2. The highest BCUT2D eigenvalue weighted by molar-refractivity contribution is 5.95. The number of nitrogens with zero attached hydrogens (tertiary/aromatic N) is 2. The van der Waals surface area contributed by atoms with E-state index in [-0.39, 0.29) is 18.4 Å². The van der Waals surface area contributed by atoms with Gasteiger partial charge in [-0.3, -0.25) is 14.3 Å². The standard InChI is InChI=1S/C17H23N5O4/c1-18-16(11-8-20-22(2)10-11)17(24)19-9-15(23)21-12-5-13(25-3)7-14(6-12)26-4/h5-8,10,16,18H,9H2,1-4H3,(H,19,24)(H,21,23). The number of anilines is 1. The lowest BCUT2D eigenvalue weighted by molar-refractivity contribution is -0.125. The number of carbonyl (C=O) groups excluding carboxylic acids is 2. The Kier molecular flexibility index (Phi) is 6.56. The number of benzene rings is 1. The molecule has 2 aromatic rings. The first kappa shape index (κ1) is 19.3. The average molecular weight is 361 g/mol. The lowest BCUT2D eigenvalue weighted by atomic mass is 10.1. The van der Waals surface area contributed by atoms with E-state index in [1.54, 1.807) is 49.4 Å². The number of rotatable bonds is 8. The minimum atomic E-state index is -0.589. The van der Waals surface area contributed by atoms with E-state index in [9.17, 15) is 9.59 Å². The van der Waals surface area contributed by atoms with Gasteiger partial charge in [-0.15, -0.1) is 0 Å². The highest BCUT2D eigenvalue weighted by Crippen LogP contribution is 2.25. The van der Waals surface area contributed by atoms with Crippen LogP contribution >= 0.6 is 0 Å². The van der Waals surface area contributed by atoms with Crippen LogP contribution in [-0.2, 0) is 16.6 Å². The number of hydrogen-bond acceptors (Lipinski definition) is 6. The van der Waals surface area contributed by atoms with E-state index in [0.29, 0.717) is 22.7 Å². The SMILES string of the molecule is CNC(C(=O)NCC(=O)Nc1cc(OC)cc(OC)c1)c1cnn(C)c1. The first-order chi connectivity index (χ1) is 12.5. The van der Waals surface area contributed by atoms with E-state index in [2.05, 4.69) is 21.0 Å². The molecule has 9 heteroatoms. The van der Waals surface area contributed by atoms with Crippen molar-refractivity contribution in [2.24, 2.45) is 7.05 Å². The third-order valence-corrected chi connectivity index (χ3v) is 3.67. The highest BCUT2D eigenvalue weighted by atomic mass is 16.5. The van der Waals surface area contributed by atoms with Crippen molar-refractivity contribution in [1.29, 1.82) is 0 Å². The summed E-state index contributed by atoms with van der Waals surface area (Å²) in [5, 5.41) is 12.3. The maximum absolute atomic E-state index is 12.3. The van der Waals surface area contributed by atoms with E-state index in [0.717, 1.165) is 0 Å². The van der Waals surface area contributed by atoms with Crippen LogP contribution in [0.1, 0.15) is 11.6 Å². The quantitative estimate of drug-likeness (QED) is 0.630. The van der Waals surface area contributed by atoms with Gasteiger partial charge < -0.3 is 25.4 Å². The molecule has 1 aromatic heterocycles. The number of methoxy groups -OCH3 is 2. The number of hydrogen-bond donors (Lipinski definition) is 3. The fourth-order valence-electron chi connectivity index (χ4n) is 2.39. The zero-order chi connectivity index (χ0) is 19.1. The molecule has 0 fully saturated rings. The maximum Gasteiger partial charge on any atom is 0.243 e. The van der Waals surface area contributed by atoms with Crippen LogP contribution in [0, 0.1) is 0 Å². The van der Waals surface area contributed by atoms with Gasteiger partial charge in [-0.1, -0.05) is 0 Å². The van der Waals surface area contributed by atoms with Crippen molar-refractivity contribution in [2.75, 3.05) is 33.1 Å². The first-order valence-electron chi connectivity index (χ1n) is 7.93. The molecule has 0 radical (unpaired) electrons. The van der Waals surface area contributed by atoms with Crippen molar-refractivity contribution in [1.82, 2.24) is 20.4 Å². The second-order valence-electron chi connectivity index (χ2n) is 5.54. The number of ether oxygens (including phenoxy) is 2. The lowest BCUT2D eigenvalue weighted by Crippen LogP contribution is -2.39. The van der Waals surface area contributed by atoms with Gasteiger partial charge in [0.05, 0.1) is 27.0 Å². The Balaban J connectivity index is 1.94. The summed E-state index contributed by atoms with van der Waals surface area (Å²) in [4.78, 5) is 24.4. The second kappa shape index (κ2) is 8.86. The van der Waals surface area contributed by atoms with Crippen molar-refractivity contribution in [3.05, 3.63) is 36.2 Å². The summed E-state index contributed by atoms with van der Waals surface area (Å²) in [7, 11) is 6.48. The Bertz CT molecular complexity index is 752. The summed E-state index contributed by atoms with van der Waals surface area (Å²) >= 11 is 0. The number of nitrogens with one attached hydrogen (secondary N) is 3. The molecule has 3 N–H and O–H groups in total. The molecule has 0 saturated carbocycles. The number of carbonyl (C=O) groups is 2. The third-order valence-electron chi connectivity index (χ3n) is 3.67. The molecule has 0 aliphatic carbocycles. The molecule has 0 saturated heterocycles. The summed E-state index contributed by atoms with van der Waals surface area (Å²) in [6.45, 7) is -0.170. The molecular formula is C17H23N5O4. The van der Waals surface area contributed by atoms with Crippen LogP contribution in [0.2, 0.25) is 0 Å². The molecule has 0 spiro atoms. The van der Waals surface area contributed by atoms with Gasteiger partial charge in [-0.2, -0.15) is 5.10 Å². The molecule has 0 aliphatic heterocycles. The molecule has 1 atom stereocenters. The average Bonchev–Trinajstić information content (AvgIpc) is 3.06. The summed E-state index contributed by atoms with van der Waals surface area (Å²) in [6, 6.07) is 4.43. The second-order valence-corrected chi connectivity index (χ2v) is 5.54. The minimum Gasteiger partial charge on any atom is -0.497 e. The van der Waals surface area contributed by atoms with Crippen molar-refractivity contribution in [3.8, 4) is 11.5 Å². The molecule has 2 amide bonds. The van der Waals surface area contributed by atoms with E-state index in [4.69, 9.17) is 9.47 Å². The molecule has 26 heavy (non-hydrogen) atoms. The Morgan fingerprint density at radius 1 is 1.19 bits per heavy atom. The van der Waals surface area contributed by atoms with Crippen LogP contribution in [0.5, 0.6) is 11.5 Å². The normalized spacial score (nSPS) is 11.5. The predicted octanol–water partition coefficient (Wildman–Crippen LogP) is 0.453. The van der Waals surface area contributed by atoms with Gasteiger partial charge in [0, 0.05) is 42.7 Å². The van der Waals surface area contributed by atoms with Crippen LogP contribution < -0.4 is 25.4 Å². The van der Waals surface area contributed by atoms with Gasteiger partial charge >= 0.3 is 0 Å². The van der Waals surface area contributed by atoms with Gasteiger partial charge in [0.1, 0.15) is 17.5 Å². The molecule has 9 nitrogen and oxygen atoms in total. The Hall–Kier alpha value is -3.07. The molecule has 0 bridgehead atoms. The highest BCUT2D eigenvalue weighted by Gasteiger charge is 2.20. The monoisotopic (exact) mass is 361 g/mol. The maximum atomic E-state index is 12.3. The topological polar surface area (TPSA) is 107 Å². The Morgan fingerprint density at radius 2 is 1.85 bits per heavy atom. The molecule has 140 valence electrons. The molecule has 0 aliphatic rings. The fourth-order valence-corrected chi connectivity index (χ4v) is 2.39. The zero-order valence-electron chi connectivity index (χ0n) is 15.2. The van der Waals surface area contributed by atoms with Gasteiger partial charge in [0.2, 0.25) is 11.8 Å². The van der Waals surface area contributed by atoms with Crippen LogP contribution in [0.25, 0.3) is 0 Å². The summed E-state index contributed by atoms with van der Waals surface area (Å²) in [5.74, 6) is 0.416. The summed E-state index contributed by atoms with van der Waals surface area (Å²) in [5.41, 5.74) is 1.23. The van der Waals surface area contributed by atoms with Gasteiger partial charge in [0.15, 0.2) is 0 Å². The third kappa shape index (κ3) is 4.96. The zero-order valence-corrected chi connectivity index (χ0v) is 15.2. The molecule has 1 unspecified atom stereocenters. The van der Waals surface area contributed by atoms with Crippen molar-refractivity contribution >= 4 is 17.5 Å². The minimum absolute atomic E-state index is 0.170. The lowest BCUT2D eigenvalue weighted by Gasteiger charge is -2.15. The van der Waals surface area contributed by atoms with E-state index in [1.807, 2.05) is 0 Å². The molecule has 2 rings (SSSR count). The molecule has 1 heterocycles. The molecular weight excluding hydrogens is 338 g/mol. The van der Waals surface area contributed by atoms with Crippen molar-refractivity contribution < 1.29 is 19.1 Å². The largest absolute Gasteiger partial charge is 0.497 e. The van der Waals surface area contributed by atoms with Crippen LogP contribution in [-0.4, -0.2) is 49.4 Å². The number of amides is 2. The Labute approximate surface area is 151 Å². The fraction of sp³-hybridized carbons (Fsp3) is 0.353. The van der Waals surface area contributed by atoms with Crippen LogP contribution in [0.3, 0.4) is 0 Å². The molecule has 1 aromatic carbocycles. The van der Waals surface area contributed by atoms with Gasteiger partial charge in [-0.25, -0.2) is 0 Å². The van der Waals surface area contributed by atoms with Crippen LogP contribution in [0.15, 0.2) is 30.6 Å². The van der Waals surface area contributed by atoms with Crippen LogP contribution in [0.4, 0.5) is 5.69 Å². The number of aryl methyl sites for hydroxylation is 1. The summed E-state index contributed by atoms with van der Waals surface area (Å²) < 4.78 is 11.9. The van der Waals surface area contributed by atoms with Gasteiger partial charge in [0.25, 0.3) is 0 Å². The van der Waals surface area contributed by atoms with E-state index < -0.39 is 6.04 Å². The van der Waals surface area contributed by atoms with Crippen molar-refractivity contribution in [3.63, 3.8) is 0 Å². The summed E-state index contributed by atoms with van der Waals surface area (Å²) in [6.07, 6.45) is 3.34.